The van der Waals surface area contributed by atoms with E-state index >= 15 is 0 Å². The van der Waals surface area contributed by atoms with E-state index in [1.54, 1.807) is 0 Å². The van der Waals surface area contributed by atoms with E-state index in [2.05, 4.69) is 9.88 Å². The van der Waals surface area contributed by atoms with Gasteiger partial charge in [-0.2, -0.15) is 0 Å². The van der Waals surface area contributed by atoms with Crippen LogP contribution in [-0.4, -0.2) is 52.9 Å². The Morgan fingerprint density at radius 2 is 1.95 bits per heavy atom. The molecule has 1 aliphatic rings. The Morgan fingerprint density at radius 3 is 2.53 bits per heavy atom. The molecule has 2 heterocycles. The molecule has 1 fully saturated rings. The van der Waals surface area contributed by atoms with E-state index in [1.165, 1.54) is 5.56 Å². The molecule has 0 spiro atoms. The maximum atomic E-state index is 12.0. The molecule has 0 aromatic carbocycles. The normalized spacial score (nSPS) is 18.3. The zero-order valence-electron chi connectivity index (χ0n) is 11.5. The number of pyridine rings is 1. The smallest absolute Gasteiger partial charge is 0.239 e. The minimum atomic E-state index is -0.341. The lowest BCUT2D eigenvalue weighted by Gasteiger charge is -2.35. The van der Waals surface area contributed by atoms with Gasteiger partial charge in [-0.25, -0.2) is 0 Å². The van der Waals surface area contributed by atoms with Crippen molar-refractivity contribution in [1.29, 1.82) is 0 Å². The van der Waals surface area contributed by atoms with Crippen LogP contribution in [0.1, 0.15) is 18.9 Å². The van der Waals surface area contributed by atoms with Crippen LogP contribution in [0.2, 0.25) is 0 Å². The maximum absolute atomic E-state index is 12.0. The summed E-state index contributed by atoms with van der Waals surface area (Å²) in [6.07, 6.45) is 4.33. The number of nitrogens with zero attached hydrogens (tertiary/aromatic N) is 3. The summed E-state index contributed by atoms with van der Waals surface area (Å²) in [4.78, 5) is 20.2. The van der Waals surface area contributed by atoms with Crippen molar-refractivity contribution in [2.45, 2.75) is 25.9 Å². The fourth-order valence-electron chi connectivity index (χ4n) is 2.28. The first-order chi connectivity index (χ1) is 9.20. The monoisotopic (exact) mass is 262 g/mol. The molecule has 1 aromatic rings. The third-order valence-electron chi connectivity index (χ3n) is 3.60. The molecule has 19 heavy (non-hydrogen) atoms. The van der Waals surface area contributed by atoms with E-state index in [1.807, 2.05) is 36.4 Å². The van der Waals surface area contributed by atoms with Gasteiger partial charge in [-0.3, -0.25) is 14.7 Å². The van der Waals surface area contributed by atoms with E-state index in [4.69, 9.17) is 5.73 Å². The summed E-state index contributed by atoms with van der Waals surface area (Å²) in [6, 6.07) is 3.72. The Balaban J connectivity index is 1.81. The van der Waals surface area contributed by atoms with Crippen molar-refractivity contribution < 1.29 is 4.79 Å². The highest BCUT2D eigenvalue weighted by Gasteiger charge is 2.24. The zero-order chi connectivity index (χ0) is 13.7. The van der Waals surface area contributed by atoms with Gasteiger partial charge in [0, 0.05) is 45.1 Å². The fraction of sp³-hybridized carbons (Fsp3) is 0.571. The summed E-state index contributed by atoms with van der Waals surface area (Å²) in [5.41, 5.74) is 7.06. The molecule has 5 nitrogen and oxygen atoms in total. The van der Waals surface area contributed by atoms with Gasteiger partial charge in [-0.15, -0.1) is 0 Å². The van der Waals surface area contributed by atoms with Gasteiger partial charge in [0.1, 0.15) is 0 Å². The van der Waals surface area contributed by atoms with Crippen LogP contribution in [-0.2, 0) is 11.3 Å². The molecular weight excluding hydrogens is 240 g/mol. The lowest BCUT2D eigenvalue weighted by molar-refractivity contribution is -0.134. The van der Waals surface area contributed by atoms with Gasteiger partial charge in [0.25, 0.3) is 0 Å². The molecule has 5 heteroatoms. The second-order valence-corrected chi connectivity index (χ2v) is 4.97. The predicted molar refractivity (Wildman–Crippen MR) is 74.4 cm³/mol. The molecular formula is C14H22N4O. The highest BCUT2D eigenvalue weighted by molar-refractivity contribution is 5.81. The zero-order valence-corrected chi connectivity index (χ0v) is 11.5. The molecule has 0 aliphatic carbocycles. The molecule has 0 bridgehead atoms. The number of hydrogen-bond acceptors (Lipinski definition) is 4. The van der Waals surface area contributed by atoms with Crippen LogP contribution in [0.5, 0.6) is 0 Å². The van der Waals surface area contributed by atoms with Crippen molar-refractivity contribution in [2.75, 3.05) is 26.2 Å². The number of nitrogens with two attached hydrogens (primary N) is 1. The molecule has 0 saturated carbocycles. The molecule has 2 N–H and O–H groups in total. The Labute approximate surface area is 114 Å². The van der Waals surface area contributed by atoms with Crippen molar-refractivity contribution >= 4 is 5.91 Å². The lowest BCUT2D eigenvalue weighted by atomic mass is 10.2. The molecule has 1 aliphatic heterocycles. The first-order valence-electron chi connectivity index (χ1n) is 6.86. The molecule has 0 radical (unpaired) electrons. The number of piperazine rings is 1. The molecule has 1 amide bonds. The third kappa shape index (κ3) is 3.75. The second-order valence-electron chi connectivity index (χ2n) is 4.97. The molecule has 104 valence electrons. The minimum Gasteiger partial charge on any atom is -0.339 e. The Hall–Kier alpha value is -1.46. The van der Waals surface area contributed by atoms with Gasteiger partial charge in [-0.1, -0.05) is 6.92 Å². The largest absolute Gasteiger partial charge is 0.339 e. The van der Waals surface area contributed by atoms with Crippen LogP contribution < -0.4 is 5.73 Å². The average molecular weight is 262 g/mol. The first-order valence-corrected chi connectivity index (χ1v) is 6.86. The van der Waals surface area contributed by atoms with Crippen LogP contribution in [0.3, 0.4) is 0 Å². The van der Waals surface area contributed by atoms with Crippen molar-refractivity contribution in [3.05, 3.63) is 30.1 Å². The molecule has 2 rings (SSSR count). The van der Waals surface area contributed by atoms with Crippen molar-refractivity contribution in [2.24, 2.45) is 5.73 Å². The van der Waals surface area contributed by atoms with Gasteiger partial charge in [0.2, 0.25) is 5.91 Å². The van der Waals surface area contributed by atoms with Crippen molar-refractivity contribution in [1.82, 2.24) is 14.8 Å². The molecule has 1 atom stereocenters. The predicted octanol–water partition coefficient (Wildman–Crippen LogP) is 0.463. The summed E-state index contributed by atoms with van der Waals surface area (Å²) in [7, 11) is 0. The maximum Gasteiger partial charge on any atom is 0.239 e. The number of aromatic nitrogens is 1. The summed E-state index contributed by atoms with van der Waals surface area (Å²) in [5, 5.41) is 0. The molecule has 1 aromatic heterocycles. The summed E-state index contributed by atoms with van der Waals surface area (Å²) in [6.45, 7) is 6.23. The Bertz CT molecular complexity index is 401. The van der Waals surface area contributed by atoms with E-state index in [0.29, 0.717) is 6.42 Å². The van der Waals surface area contributed by atoms with Crippen LogP contribution >= 0.6 is 0 Å². The van der Waals surface area contributed by atoms with Gasteiger partial charge in [-0.05, 0) is 24.1 Å². The summed E-state index contributed by atoms with van der Waals surface area (Å²) < 4.78 is 0. The first kappa shape index (κ1) is 14.0. The van der Waals surface area contributed by atoms with E-state index in [0.717, 1.165) is 32.7 Å². The Kier molecular flexibility index (Phi) is 4.87. The number of hydrogen-bond donors (Lipinski definition) is 1. The van der Waals surface area contributed by atoms with Gasteiger partial charge >= 0.3 is 0 Å². The second kappa shape index (κ2) is 6.63. The molecule has 0 unspecified atom stereocenters. The number of carbonyl (C=O) groups excluding carboxylic acids is 1. The van der Waals surface area contributed by atoms with E-state index in [9.17, 15) is 4.79 Å². The van der Waals surface area contributed by atoms with Gasteiger partial charge < -0.3 is 10.6 Å². The summed E-state index contributed by atoms with van der Waals surface area (Å²) in [5.74, 6) is 0.0889. The minimum absolute atomic E-state index is 0.0889. The standard InChI is InChI=1S/C14H22N4O/c1-2-13(15)14(19)18-9-7-17(8-10-18)11-12-3-5-16-6-4-12/h3-6,13H,2,7-11,15H2,1H3/t13-/m1/s1. The van der Waals surface area contributed by atoms with Crippen LogP contribution in [0.25, 0.3) is 0 Å². The van der Waals surface area contributed by atoms with E-state index < -0.39 is 0 Å². The highest BCUT2D eigenvalue weighted by atomic mass is 16.2. The topological polar surface area (TPSA) is 62.5 Å². The van der Waals surface area contributed by atoms with Crippen molar-refractivity contribution in [3.63, 3.8) is 0 Å². The van der Waals surface area contributed by atoms with Crippen LogP contribution in [0, 0.1) is 0 Å². The number of amides is 1. The SMILES string of the molecule is CC[C@@H](N)C(=O)N1CCN(Cc2ccncc2)CC1. The fourth-order valence-corrected chi connectivity index (χ4v) is 2.28. The van der Waals surface area contributed by atoms with E-state index in [-0.39, 0.29) is 11.9 Å². The molecule has 1 saturated heterocycles. The van der Waals surface area contributed by atoms with Gasteiger partial charge in [0.15, 0.2) is 0 Å². The lowest BCUT2D eigenvalue weighted by Crippen LogP contribution is -2.52. The number of rotatable bonds is 4. The quantitative estimate of drug-likeness (QED) is 0.856. The summed E-state index contributed by atoms with van der Waals surface area (Å²) >= 11 is 0. The van der Waals surface area contributed by atoms with Crippen LogP contribution in [0.4, 0.5) is 0 Å². The average Bonchev–Trinajstić information content (AvgIpc) is 2.47. The number of carbonyl (C=O) groups is 1. The Morgan fingerprint density at radius 1 is 1.32 bits per heavy atom. The third-order valence-corrected chi connectivity index (χ3v) is 3.60. The van der Waals surface area contributed by atoms with Crippen LogP contribution in [0.15, 0.2) is 24.5 Å². The van der Waals surface area contributed by atoms with Gasteiger partial charge in [0.05, 0.1) is 6.04 Å². The highest BCUT2D eigenvalue weighted by Crippen LogP contribution is 2.09. The van der Waals surface area contributed by atoms with Crippen molar-refractivity contribution in [3.8, 4) is 0 Å².